The third-order valence-electron chi connectivity index (χ3n) is 4.35. The molecule has 1 aromatic heterocycles. The summed E-state index contributed by atoms with van der Waals surface area (Å²) in [6, 6.07) is 10.6. The second-order valence-electron chi connectivity index (χ2n) is 6.05. The molecule has 1 aromatic carbocycles. The van der Waals surface area contributed by atoms with Crippen LogP contribution in [0.1, 0.15) is 23.7 Å². The second kappa shape index (κ2) is 10.7. The summed E-state index contributed by atoms with van der Waals surface area (Å²) in [5.41, 5.74) is 1.30. The van der Waals surface area contributed by atoms with Crippen molar-refractivity contribution in [1.29, 1.82) is 0 Å². The van der Waals surface area contributed by atoms with Gasteiger partial charge in [-0.1, -0.05) is 25.1 Å². The molecule has 26 heavy (non-hydrogen) atoms. The Labute approximate surface area is 177 Å². The van der Waals surface area contributed by atoms with Crippen molar-refractivity contribution in [1.82, 2.24) is 15.2 Å². The van der Waals surface area contributed by atoms with Gasteiger partial charge >= 0.3 is 0 Å². The predicted molar refractivity (Wildman–Crippen MR) is 122 cm³/mol. The zero-order valence-corrected chi connectivity index (χ0v) is 18.7. The minimum absolute atomic E-state index is 0. The van der Waals surface area contributed by atoms with Crippen molar-refractivity contribution in [2.45, 2.75) is 26.8 Å². The van der Waals surface area contributed by atoms with Crippen molar-refractivity contribution in [3.63, 3.8) is 0 Å². The van der Waals surface area contributed by atoms with E-state index < -0.39 is 0 Å². The molecule has 1 fully saturated rings. The topological polar surface area (TPSA) is 43.8 Å². The van der Waals surface area contributed by atoms with Crippen LogP contribution < -0.4 is 10.2 Å². The third-order valence-corrected chi connectivity index (χ3v) is 5.48. The first-order valence-corrected chi connectivity index (χ1v) is 9.88. The van der Waals surface area contributed by atoms with Gasteiger partial charge in [0.25, 0.3) is 0 Å². The summed E-state index contributed by atoms with van der Waals surface area (Å²) in [5, 5.41) is 4.52. The number of anilines is 1. The minimum Gasteiger partial charge on any atom is -0.368 e. The van der Waals surface area contributed by atoms with Gasteiger partial charge in [-0.3, -0.25) is 0 Å². The molecule has 0 saturated carbocycles. The Morgan fingerprint density at radius 3 is 2.50 bits per heavy atom. The lowest BCUT2D eigenvalue weighted by Crippen LogP contribution is -2.52. The standard InChI is InChI=1S/C19H27N5S.HI/c1-3-17-14-21-18(25-17)15-22-19(20-4-2)24-12-10-23(11-13-24)16-8-6-5-7-9-16;/h5-9,14H,3-4,10-13,15H2,1-2H3,(H,20,22);1H. The van der Waals surface area contributed by atoms with E-state index in [-0.39, 0.29) is 24.0 Å². The van der Waals surface area contributed by atoms with Crippen LogP contribution in [0.15, 0.2) is 41.5 Å². The zero-order valence-electron chi connectivity index (χ0n) is 15.5. The molecule has 1 N–H and O–H groups in total. The average molecular weight is 485 g/mol. The lowest BCUT2D eigenvalue weighted by atomic mass is 10.2. The van der Waals surface area contributed by atoms with Gasteiger partial charge < -0.3 is 15.1 Å². The SMILES string of the molecule is CCNC(=NCc1ncc(CC)s1)N1CCN(c2ccccc2)CC1.I. The minimum atomic E-state index is 0. The molecule has 1 aliphatic heterocycles. The summed E-state index contributed by atoms with van der Waals surface area (Å²) in [7, 11) is 0. The quantitative estimate of drug-likeness (QED) is 0.399. The van der Waals surface area contributed by atoms with Crippen LogP contribution in [0.4, 0.5) is 5.69 Å². The van der Waals surface area contributed by atoms with Crippen LogP contribution >= 0.6 is 35.3 Å². The molecule has 7 heteroatoms. The number of piperazine rings is 1. The van der Waals surface area contributed by atoms with E-state index in [0.29, 0.717) is 6.54 Å². The van der Waals surface area contributed by atoms with Crippen molar-refractivity contribution in [3.8, 4) is 0 Å². The number of nitrogens with zero attached hydrogens (tertiary/aromatic N) is 4. The van der Waals surface area contributed by atoms with E-state index in [1.54, 1.807) is 11.3 Å². The first-order valence-electron chi connectivity index (χ1n) is 9.07. The zero-order chi connectivity index (χ0) is 17.5. The first kappa shape index (κ1) is 21.0. The van der Waals surface area contributed by atoms with Crippen LogP contribution in [-0.4, -0.2) is 48.6 Å². The largest absolute Gasteiger partial charge is 0.368 e. The number of halogens is 1. The molecule has 1 aliphatic rings. The van der Waals surface area contributed by atoms with Crippen LogP contribution in [0.25, 0.3) is 0 Å². The van der Waals surface area contributed by atoms with E-state index in [0.717, 1.165) is 50.1 Å². The van der Waals surface area contributed by atoms with Gasteiger partial charge in [0.05, 0.1) is 6.54 Å². The van der Waals surface area contributed by atoms with Gasteiger partial charge in [-0.2, -0.15) is 0 Å². The van der Waals surface area contributed by atoms with Gasteiger partial charge in [0.15, 0.2) is 5.96 Å². The predicted octanol–water partition coefficient (Wildman–Crippen LogP) is 3.61. The van der Waals surface area contributed by atoms with Crippen LogP contribution in [0, 0.1) is 0 Å². The number of aromatic nitrogens is 1. The Hall–Kier alpha value is -1.35. The van der Waals surface area contributed by atoms with Gasteiger partial charge in [-0.15, -0.1) is 35.3 Å². The maximum atomic E-state index is 4.81. The fourth-order valence-corrected chi connectivity index (χ4v) is 3.76. The van der Waals surface area contributed by atoms with E-state index in [1.807, 2.05) is 6.20 Å². The number of hydrogen-bond donors (Lipinski definition) is 1. The van der Waals surface area contributed by atoms with Crippen LogP contribution in [0.2, 0.25) is 0 Å². The highest BCUT2D eigenvalue weighted by Gasteiger charge is 2.19. The molecular weight excluding hydrogens is 457 g/mol. The van der Waals surface area contributed by atoms with Gasteiger partial charge in [0.1, 0.15) is 5.01 Å². The van der Waals surface area contributed by atoms with Crippen molar-refractivity contribution in [2.75, 3.05) is 37.6 Å². The summed E-state index contributed by atoms with van der Waals surface area (Å²) in [6.45, 7) is 9.84. The maximum Gasteiger partial charge on any atom is 0.194 e. The molecule has 0 unspecified atom stereocenters. The lowest BCUT2D eigenvalue weighted by molar-refractivity contribution is 0.372. The van der Waals surface area contributed by atoms with Gasteiger partial charge in [-0.05, 0) is 25.5 Å². The van der Waals surface area contributed by atoms with Crippen molar-refractivity contribution in [3.05, 3.63) is 46.4 Å². The third kappa shape index (κ3) is 5.57. The lowest BCUT2D eigenvalue weighted by Gasteiger charge is -2.37. The highest BCUT2D eigenvalue weighted by atomic mass is 127. The number of thiazole rings is 1. The Bertz CT molecular complexity index is 680. The molecule has 0 bridgehead atoms. The second-order valence-corrected chi connectivity index (χ2v) is 7.25. The maximum absolute atomic E-state index is 4.81. The summed E-state index contributed by atoms with van der Waals surface area (Å²) in [4.78, 5) is 15.4. The van der Waals surface area contributed by atoms with E-state index in [1.165, 1.54) is 10.6 Å². The molecule has 142 valence electrons. The van der Waals surface area contributed by atoms with Crippen LogP contribution in [-0.2, 0) is 13.0 Å². The van der Waals surface area contributed by atoms with Crippen molar-refractivity contribution >= 4 is 47.0 Å². The fourth-order valence-electron chi connectivity index (χ4n) is 2.97. The molecule has 5 nitrogen and oxygen atoms in total. The van der Waals surface area contributed by atoms with Crippen molar-refractivity contribution in [2.24, 2.45) is 4.99 Å². The number of nitrogens with one attached hydrogen (secondary N) is 1. The van der Waals surface area contributed by atoms with E-state index >= 15 is 0 Å². The van der Waals surface area contributed by atoms with Crippen LogP contribution in [0.5, 0.6) is 0 Å². The number of aliphatic imine (C=N–C) groups is 1. The number of guanidine groups is 1. The smallest absolute Gasteiger partial charge is 0.194 e. The van der Waals surface area contributed by atoms with Gasteiger partial charge in [-0.25, -0.2) is 9.98 Å². The molecule has 0 amide bonds. The van der Waals surface area contributed by atoms with Crippen molar-refractivity contribution < 1.29 is 0 Å². The number of aryl methyl sites for hydroxylation is 1. The summed E-state index contributed by atoms with van der Waals surface area (Å²) >= 11 is 1.76. The molecule has 1 saturated heterocycles. The van der Waals surface area contributed by atoms with E-state index in [4.69, 9.17) is 4.99 Å². The Morgan fingerprint density at radius 2 is 1.88 bits per heavy atom. The molecule has 0 radical (unpaired) electrons. The highest BCUT2D eigenvalue weighted by Crippen LogP contribution is 2.17. The Balaban J connectivity index is 0.00000243. The first-order chi connectivity index (χ1) is 12.3. The molecule has 3 rings (SSSR count). The number of rotatable bonds is 5. The number of benzene rings is 1. The molecule has 0 atom stereocenters. The monoisotopic (exact) mass is 485 g/mol. The number of hydrogen-bond acceptors (Lipinski definition) is 4. The van der Waals surface area contributed by atoms with E-state index in [2.05, 4.69) is 64.3 Å². The van der Waals surface area contributed by atoms with Gasteiger partial charge in [0, 0.05) is 49.5 Å². The summed E-state index contributed by atoms with van der Waals surface area (Å²) in [6.07, 6.45) is 3.02. The molecular formula is C19H28IN5S. The molecule has 2 heterocycles. The fraction of sp³-hybridized carbons (Fsp3) is 0.474. The number of para-hydroxylation sites is 1. The van der Waals surface area contributed by atoms with Crippen LogP contribution in [0.3, 0.4) is 0 Å². The van der Waals surface area contributed by atoms with E-state index in [9.17, 15) is 0 Å². The normalized spacial score (nSPS) is 14.9. The average Bonchev–Trinajstić information content (AvgIpc) is 3.14. The van der Waals surface area contributed by atoms with Gasteiger partial charge in [0.2, 0.25) is 0 Å². The molecule has 0 spiro atoms. The summed E-state index contributed by atoms with van der Waals surface area (Å²) < 4.78 is 0. The highest BCUT2D eigenvalue weighted by molar-refractivity contribution is 14.0. The summed E-state index contributed by atoms with van der Waals surface area (Å²) in [5.74, 6) is 1.00. The molecule has 0 aliphatic carbocycles. The Kier molecular flexibility index (Phi) is 8.64. The molecule has 2 aromatic rings. The Morgan fingerprint density at radius 1 is 1.15 bits per heavy atom.